The van der Waals surface area contributed by atoms with Gasteiger partial charge in [0.2, 0.25) is 0 Å². The van der Waals surface area contributed by atoms with Gasteiger partial charge in [0.1, 0.15) is 17.9 Å². The van der Waals surface area contributed by atoms with E-state index in [0.717, 1.165) is 10.5 Å². The second kappa shape index (κ2) is 8.04. The maximum atomic E-state index is 12.8. The lowest BCUT2D eigenvalue weighted by molar-refractivity contribution is -0.142. The molecular weight excluding hydrogens is 333 g/mol. The Hall–Kier alpha value is -2.52. The molecule has 0 aliphatic carbocycles. The topological polar surface area (TPSA) is 108 Å². The summed E-state index contributed by atoms with van der Waals surface area (Å²) in [6.07, 6.45) is 0. The molecule has 1 aliphatic rings. The number of urea groups is 1. The third-order valence-corrected chi connectivity index (χ3v) is 3.81. The van der Waals surface area contributed by atoms with Crippen LogP contribution in [-0.2, 0) is 20.9 Å². The van der Waals surface area contributed by atoms with Crippen molar-refractivity contribution in [2.24, 2.45) is 5.92 Å². The van der Waals surface area contributed by atoms with Gasteiger partial charge in [0.25, 0.3) is 11.8 Å². The number of hydrogen-bond donors (Lipinski definition) is 3. The summed E-state index contributed by atoms with van der Waals surface area (Å²) in [6.45, 7) is 3.35. The number of amides is 4. The molecule has 2 rings (SSSR count). The monoisotopic (exact) mass is 353 g/mol. The second-order valence-corrected chi connectivity index (χ2v) is 6.02. The molecule has 0 radical (unpaired) electrons. The van der Waals surface area contributed by atoms with Gasteiger partial charge in [-0.1, -0.05) is 26.0 Å². The van der Waals surface area contributed by atoms with E-state index in [-0.39, 0.29) is 24.9 Å². The molecule has 4 amide bonds. The van der Waals surface area contributed by atoms with Crippen LogP contribution in [-0.4, -0.2) is 46.6 Å². The van der Waals surface area contributed by atoms with E-state index < -0.39 is 29.9 Å². The normalized spacial score (nSPS) is 18.4. The first kappa shape index (κ1) is 18.8. The molecule has 1 aromatic rings. The summed E-state index contributed by atoms with van der Waals surface area (Å²) in [4.78, 5) is 37.0. The third kappa shape index (κ3) is 4.31. The number of rotatable bonds is 7. The number of benzene rings is 1. The fourth-order valence-corrected chi connectivity index (χ4v) is 2.58. The van der Waals surface area contributed by atoms with E-state index in [4.69, 9.17) is 9.94 Å². The molecule has 0 bridgehead atoms. The van der Waals surface area contributed by atoms with Crippen LogP contribution in [0.5, 0.6) is 0 Å². The minimum absolute atomic E-state index is 0.0932. The Morgan fingerprint density at radius 1 is 1.36 bits per heavy atom. The molecule has 1 heterocycles. The van der Waals surface area contributed by atoms with Crippen LogP contribution in [0.15, 0.2) is 24.3 Å². The minimum atomic E-state index is -1.13. The van der Waals surface area contributed by atoms with Gasteiger partial charge in [0.05, 0.1) is 13.2 Å². The van der Waals surface area contributed by atoms with Crippen molar-refractivity contribution in [2.45, 2.75) is 32.5 Å². The van der Waals surface area contributed by atoms with Crippen LogP contribution in [0.2, 0.25) is 0 Å². The molecule has 2 unspecified atom stereocenters. The average molecular weight is 353 g/mol. The van der Waals surface area contributed by atoms with Gasteiger partial charge in [0, 0.05) is 0 Å². The molecule has 1 aliphatic heterocycles. The highest BCUT2D eigenvalue weighted by Crippen LogP contribution is 2.18. The van der Waals surface area contributed by atoms with Crippen molar-refractivity contribution in [2.75, 3.05) is 6.61 Å². The van der Waals surface area contributed by atoms with Crippen molar-refractivity contribution in [3.05, 3.63) is 35.6 Å². The van der Waals surface area contributed by atoms with Gasteiger partial charge in [-0.2, -0.15) is 0 Å². The highest BCUT2D eigenvalue weighted by atomic mass is 19.1. The van der Waals surface area contributed by atoms with Crippen LogP contribution in [0.25, 0.3) is 0 Å². The van der Waals surface area contributed by atoms with E-state index in [1.807, 2.05) is 0 Å². The van der Waals surface area contributed by atoms with Crippen LogP contribution in [0.4, 0.5) is 9.18 Å². The lowest BCUT2D eigenvalue weighted by Crippen LogP contribution is -2.52. The molecule has 3 N–H and O–H groups in total. The maximum absolute atomic E-state index is 12.8. The molecule has 8 nitrogen and oxygen atoms in total. The average Bonchev–Trinajstić information content (AvgIpc) is 2.84. The highest BCUT2D eigenvalue weighted by molar-refractivity contribution is 6.07. The number of carbonyl (C=O) groups is 3. The Morgan fingerprint density at radius 3 is 2.56 bits per heavy atom. The van der Waals surface area contributed by atoms with E-state index in [2.05, 4.69) is 5.32 Å². The molecule has 1 saturated heterocycles. The fraction of sp³-hybridized carbons (Fsp3) is 0.438. The summed E-state index contributed by atoms with van der Waals surface area (Å²) in [5.74, 6) is -2.20. The zero-order valence-electron chi connectivity index (χ0n) is 13.9. The van der Waals surface area contributed by atoms with Gasteiger partial charge in [-0.25, -0.2) is 19.6 Å². The first-order chi connectivity index (χ1) is 11.8. The van der Waals surface area contributed by atoms with Crippen LogP contribution in [0, 0.1) is 11.7 Å². The van der Waals surface area contributed by atoms with Crippen LogP contribution in [0.3, 0.4) is 0 Å². The van der Waals surface area contributed by atoms with Gasteiger partial charge in [0.15, 0.2) is 0 Å². The number of halogens is 1. The van der Waals surface area contributed by atoms with E-state index in [0.29, 0.717) is 0 Å². The van der Waals surface area contributed by atoms with Crippen LogP contribution >= 0.6 is 0 Å². The van der Waals surface area contributed by atoms with Gasteiger partial charge >= 0.3 is 6.03 Å². The molecule has 9 heteroatoms. The van der Waals surface area contributed by atoms with Crippen LogP contribution < -0.4 is 10.8 Å². The standard InChI is InChI=1S/C16H20FN3O5/c1-9(2)13(14(21)19-24)20-15(22)12(18-16(20)23)8-25-7-10-3-5-11(17)6-4-10/h3-6,9,12-13,24H,7-8H2,1-2H3,(H,18,23)(H,19,21). The minimum Gasteiger partial charge on any atom is -0.374 e. The summed E-state index contributed by atoms with van der Waals surface area (Å²) in [6, 6.07) is 2.92. The molecule has 0 saturated carbocycles. The third-order valence-electron chi connectivity index (χ3n) is 3.81. The predicted octanol–water partition coefficient (Wildman–Crippen LogP) is 0.793. The van der Waals surface area contributed by atoms with Crippen molar-refractivity contribution >= 4 is 17.8 Å². The zero-order valence-corrected chi connectivity index (χ0v) is 13.9. The number of nitrogens with one attached hydrogen (secondary N) is 2. The number of nitrogens with zero attached hydrogens (tertiary/aromatic N) is 1. The maximum Gasteiger partial charge on any atom is 0.325 e. The van der Waals surface area contributed by atoms with Crippen molar-refractivity contribution in [3.8, 4) is 0 Å². The SMILES string of the molecule is CC(C)C(C(=O)NO)N1C(=O)NC(COCc2ccc(F)cc2)C1=O. The van der Waals surface area contributed by atoms with E-state index in [1.54, 1.807) is 26.0 Å². The summed E-state index contributed by atoms with van der Waals surface area (Å²) in [5.41, 5.74) is 2.19. The van der Waals surface area contributed by atoms with E-state index >= 15 is 0 Å². The Kier molecular flexibility index (Phi) is 6.05. The summed E-state index contributed by atoms with van der Waals surface area (Å²) >= 11 is 0. The lowest BCUT2D eigenvalue weighted by atomic mass is 10.0. The number of imide groups is 1. The Morgan fingerprint density at radius 2 is 2.00 bits per heavy atom. The molecule has 0 spiro atoms. The molecule has 136 valence electrons. The van der Waals surface area contributed by atoms with Crippen molar-refractivity contribution in [1.29, 1.82) is 0 Å². The number of hydroxylamine groups is 1. The predicted molar refractivity (Wildman–Crippen MR) is 83.8 cm³/mol. The van der Waals surface area contributed by atoms with Gasteiger partial charge in [-0.05, 0) is 23.6 Å². The number of hydrogen-bond acceptors (Lipinski definition) is 5. The number of ether oxygens (including phenoxy) is 1. The Bertz CT molecular complexity index is 650. The zero-order chi connectivity index (χ0) is 18.6. The van der Waals surface area contributed by atoms with E-state index in [9.17, 15) is 18.8 Å². The number of carbonyl (C=O) groups excluding carboxylic acids is 3. The quantitative estimate of drug-likeness (QED) is 0.382. The molecule has 1 aromatic carbocycles. The van der Waals surface area contributed by atoms with Gasteiger partial charge in [-0.3, -0.25) is 14.8 Å². The Balaban J connectivity index is 1.97. The highest BCUT2D eigenvalue weighted by Gasteiger charge is 2.45. The Labute approximate surface area is 143 Å². The molecule has 25 heavy (non-hydrogen) atoms. The van der Waals surface area contributed by atoms with Crippen LogP contribution in [0.1, 0.15) is 19.4 Å². The molecule has 2 atom stereocenters. The first-order valence-corrected chi connectivity index (χ1v) is 7.74. The fourth-order valence-electron chi connectivity index (χ4n) is 2.58. The molecule has 0 aromatic heterocycles. The van der Waals surface area contributed by atoms with E-state index in [1.165, 1.54) is 17.6 Å². The summed E-state index contributed by atoms with van der Waals surface area (Å²) in [5, 5.41) is 11.3. The molecule has 1 fully saturated rings. The summed E-state index contributed by atoms with van der Waals surface area (Å²) < 4.78 is 18.2. The summed E-state index contributed by atoms with van der Waals surface area (Å²) in [7, 11) is 0. The van der Waals surface area contributed by atoms with Gasteiger partial charge < -0.3 is 10.1 Å². The second-order valence-electron chi connectivity index (χ2n) is 6.02. The van der Waals surface area contributed by atoms with Crippen molar-refractivity contribution in [3.63, 3.8) is 0 Å². The lowest BCUT2D eigenvalue weighted by Gasteiger charge is -2.26. The molecular formula is C16H20FN3O5. The largest absolute Gasteiger partial charge is 0.374 e. The van der Waals surface area contributed by atoms with Crippen molar-refractivity contribution in [1.82, 2.24) is 15.7 Å². The smallest absolute Gasteiger partial charge is 0.325 e. The first-order valence-electron chi connectivity index (χ1n) is 7.74. The van der Waals surface area contributed by atoms with Crippen molar-refractivity contribution < 1.29 is 28.7 Å². The van der Waals surface area contributed by atoms with Gasteiger partial charge in [-0.15, -0.1) is 0 Å².